The van der Waals surface area contributed by atoms with Gasteiger partial charge in [0.15, 0.2) is 11.4 Å². The van der Waals surface area contributed by atoms with Crippen molar-refractivity contribution in [2.24, 2.45) is 11.8 Å². The topological polar surface area (TPSA) is 84.7 Å². The lowest BCUT2D eigenvalue weighted by atomic mass is 10.1. The van der Waals surface area contributed by atoms with Gasteiger partial charge < -0.3 is 14.7 Å². The first-order valence-corrected chi connectivity index (χ1v) is 9.68. The van der Waals surface area contributed by atoms with Gasteiger partial charge in [-0.25, -0.2) is 4.68 Å². The number of para-hydroxylation sites is 1. The maximum absolute atomic E-state index is 13.3. The highest BCUT2D eigenvalue weighted by atomic mass is 16.5. The Balaban J connectivity index is 1.91. The van der Waals surface area contributed by atoms with E-state index in [4.69, 9.17) is 4.74 Å². The van der Waals surface area contributed by atoms with E-state index in [9.17, 15) is 14.7 Å². The van der Waals surface area contributed by atoms with Crippen LogP contribution in [0.15, 0.2) is 36.5 Å². The number of carbonyl (C=O) groups excluding carboxylic acids is 1. The lowest BCUT2D eigenvalue weighted by Crippen LogP contribution is -2.39. The maximum atomic E-state index is 13.3. The number of amides is 1. The van der Waals surface area contributed by atoms with Gasteiger partial charge in [-0.15, -0.1) is 0 Å². The minimum atomic E-state index is -0.912. The molecular formula is C21H27N3O4. The molecule has 0 aliphatic heterocycles. The minimum absolute atomic E-state index is 0.0779. The number of rotatable bonds is 9. The van der Waals surface area contributed by atoms with Crippen LogP contribution in [0.5, 0.6) is 5.75 Å². The Kier molecular flexibility index (Phi) is 6.02. The second-order valence-electron chi connectivity index (χ2n) is 7.75. The number of nitrogens with zero attached hydrogens (tertiary/aromatic N) is 3. The summed E-state index contributed by atoms with van der Waals surface area (Å²) in [5, 5.41) is 13.8. The Bertz CT molecular complexity index is 827. The van der Waals surface area contributed by atoms with E-state index in [1.54, 1.807) is 22.7 Å². The number of carboxylic acid groups (broad SMARTS) is 1. The second kappa shape index (κ2) is 8.46. The average Bonchev–Trinajstić information content (AvgIpc) is 3.42. The van der Waals surface area contributed by atoms with E-state index in [0.717, 1.165) is 18.5 Å². The van der Waals surface area contributed by atoms with E-state index in [0.29, 0.717) is 18.3 Å². The van der Waals surface area contributed by atoms with Crippen LogP contribution in [0.25, 0.3) is 5.69 Å². The molecule has 1 amide bonds. The van der Waals surface area contributed by atoms with Crippen molar-refractivity contribution in [2.75, 3.05) is 13.2 Å². The van der Waals surface area contributed by atoms with Gasteiger partial charge in [0.1, 0.15) is 0 Å². The smallest absolute Gasteiger partial charge is 0.308 e. The Morgan fingerprint density at radius 1 is 1.25 bits per heavy atom. The summed E-state index contributed by atoms with van der Waals surface area (Å²) in [5.74, 6) is -1.10. The molecule has 150 valence electrons. The van der Waals surface area contributed by atoms with Crippen molar-refractivity contribution in [1.29, 1.82) is 0 Å². The number of aliphatic carboxylic acids is 1. The quantitative estimate of drug-likeness (QED) is 0.716. The van der Waals surface area contributed by atoms with Crippen molar-refractivity contribution in [1.82, 2.24) is 14.7 Å². The molecule has 28 heavy (non-hydrogen) atoms. The van der Waals surface area contributed by atoms with Gasteiger partial charge >= 0.3 is 5.97 Å². The van der Waals surface area contributed by atoms with Crippen LogP contribution in [0.4, 0.5) is 0 Å². The molecule has 1 aromatic carbocycles. The molecule has 7 heteroatoms. The summed E-state index contributed by atoms with van der Waals surface area (Å²) in [6, 6.07) is 9.60. The van der Waals surface area contributed by atoms with E-state index in [1.807, 2.05) is 44.2 Å². The van der Waals surface area contributed by atoms with Crippen LogP contribution in [0.1, 0.15) is 44.1 Å². The van der Waals surface area contributed by atoms with Gasteiger partial charge in [-0.05, 0) is 30.9 Å². The summed E-state index contributed by atoms with van der Waals surface area (Å²) in [4.78, 5) is 26.2. The van der Waals surface area contributed by atoms with Gasteiger partial charge in [-0.2, -0.15) is 5.10 Å². The second-order valence-corrected chi connectivity index (χ2v) is 7.75. The average molecular weight is 385 g/mol. The van der Waals surface area contributed by atoms with Crippen molar-refractivity contribution < 1.29 is 19.4 Å². The highest BCUT2D eigenvalue weighted by Gasteiger charge is 2.37. The first-order chi connectivity index (χ1) is 13.4. The van der Waals surface area contributed by atoms with E-state index >= 15 is 0 Å². The van der Waals surface area contributed by atoms with Gasteiger partial charge in [-0.1, -0.05) is 39.0 Å². The molecule has 1 fully saturated rings. The van der Waals surface area contributed by atoms with Crippen molar-refractivity contribution in [2.45, 2.75) is 39.7 Å². The number of hydrogen-bond acceptors (Lipinski definition) is 4. The van der Waals surface area contributed by atoms with E-state index in [-0.39, 0.29) is 24.2 Å². The summed E-state index contributed by atoms with van der Waals surface area (Å²) >= 11 is 0. The molecule has 1 saturated carbocycles. The Labute approximate surface area is 164 Å². The van der Waals surface area contributed by atoms with Gasteiger partial charge in [0.2, 0.25) is 0 Å². The van der Waals surface area contributed by atoms with Crippen LogP contribution < -0.4 is 4.74 Å². The Morgan fingerprint density at radius 2 is 1.93 bits per heavy atom. The molecule has 1 heterocycles. The molecule has 7 nitrogen and oxygen atoms in total. The van der Waals surface area contributed by atoms with Crippen LogP contribution in [0.3, 0.4) is 0 Å². The zero-order chi connectivity index (χ0) is 20.3. The van der Waals surface area contributed by atoms with Crippen LogP contribution in [-0.2, 0) is 4.79 Å². The van der Waals surface area contributed by atoms with Crippen LogP contribution >= 0.6 is 0 Å². The molecule has 0 spiro atoms. The van der Waals surface area contributed by atoms with Gasteiger partial charge in [0.05, 0.1) is 24.4 Å². The summed E-state index contributed by atoms with van der Waals surface area (Å²) < 4.78 is 7.51. The molecule has 1 unspecified atom stereocenters. The number of carboxylic acids is 1. The summed E-state index contributed by atoms with van der Waals surface area (Å²) in [7, 11) is 0. The van der Waals surface area contributed by atoms with Crippen molar-refractivity contribution in [3.05, 3.63) is 42.2 Å². The van der Waals surface area contributed by atoms with Crippen LogP contribution in [-0.4, -0.2) is 50.9 Å². The Morgan fingerprint density at radius 3 is 2.50 bits per heavy atom. The lowest BCUT2D eigenvalue weighted by molar-refractivity contribution is -0.141. The van der Waals surface area contributed by atoms with Gasteiger partial charge in [0, 0.05) is 12.6 Å². The first kappa shape index (κ1) is 19.9. The van der Waals surface area contributed by atoms with E-state index in [1.165, 1.54) is 0 Å². The molecule has 0 radical (unpaired) electrons. The highest BCUT2D eigenvalue weighted by molar-refractivity contribution is 5.95. The summed E-state index contributed by atoms with van der Waals surface area (Å²) in [6.45, 7) is 6.32. The predicted molar refractivity (Wildman–Crippen MR) is 105 cm³/mol. The molecule has 2 aromatic rings. The zero-order valence-electron chi connectivity index (χ0n) is 16.5. The van der Waals surface area contributed by atoms with Crippen molar-refractivity contribution in [3.8, 4) is 11.4 Å². The molecule has 1 aromatic heterocycles. The lowest BCUT2D eigenvalue weighted by Gasteiger charge is -2.24. The summed E-state index contributed by atoms with van der Waals surface area (Å²) in [5.41, 5.74) is 1.06. The molecule has 0 bridgehead atoms. The van der Waals surface area contributed by atoms with E-state index in [2.05, 4.69) is 5.10 Å². The fourth-order valence-corrected chi connectivity index (χ4v) is 2.87. The molecular weight excluding hydrogens is 358 g/mol. The minimum Gasteiger partial charge on any atom is -0.489 e. The summed E-state index contributed by atoms with van der Waals surface area (Å²) in [6.07, 6.45) is 3.50. The van der Waals surface area contributed by atoms with Crippen molar-refractivity contribution >= 4 is 11.9 Å². The number of ether oxygens (including phenoxy) is 1. The third-order valence-electron chi connectivity index (χ3n) is 4.62. The van der Waals surface area contributed by atoms with Crippen LogP contribution in [0.2, 0.25) is 0 Å². The molecule has 1 aliphatic rings. The number of aromatic nitrogens is 2. The fourth-order valence-electron chi connectivity index (χ4n) is 2.87. The molecule has 1 N–H and O–H groups in total. The highest BCUT2D eigenvalue weighted by Crippen LogP contribution is 2.31. The van der Waals surface area contributed by atoms with Crippen LogP contribution in [0, 0.1) is 11.8 Å². The molecule has 3 rings (SSSR count). The third kappa shape index (κ3) is 4.71. The molecule has 0 saturated heterocycles. The first-order valence-electron chi connectivity index (χ1n) is 9.68. The predicted octanol–water partition coefficient (Wildman–Crippen LogP) is 3.23. The molecule has 1 aliphatic carbocycles. The Hall–Kier alpha value is -2.83. The normalized spacial score (nSPS) is 14.7. The standard InChI is InChI=1S/C21H27N3O4/c1-14(2)13-28-18-12-24(17-7-5-4-6-8-17)22-19(18)20(25)23(16-9-10-16)11-15(3)21(26)27/h4-8,12,14-16H,9-11,13H2,1-3H3,(H,26,27). The fraction of sp³-hybridized carbons (Fsp3) is 0.476. The molecule has 1 atom stereocenters. The number of hydrogen-bond donors (Lipinski definition) is 1. The largest absolute Gasteiger partial charge is 0.489 e. The zero-order valence-corrected chi connectivity index (χ0v) is 16.5. The third-order valence-corrected chi connectivity index (χ3v) is 4.62. The number of carbonyl (C=O) groups is 2. The SMILES string of the molecule is CC(C)COc1cn(-c2ccccc2)nc1C(=O)N(CC(C)C(=O)O)C1CC1. The van der Waals surface area contributed by atoms with E-state index < -0.39 is 11.9 Å². The monoisotopic (exact) mass is 385 g/mol. The number of benzene rings is 1. The van der Waals surface area contributed by atoms with Gasteiger partial charge in [-0.3, -0.25) is 9.59 Å². The van der Waals surface area contributed by atoms with Crippen molar-refractivity contribution in [3.63, 3.8) is 0 Å². The van der Waals surface area contributed by atoms with Gasteiger partial charge in [0.25, 0.3) is 5.91 Å². The maximum Gasteiger partial charge on any atom is 0.308 e.